The van der Waals surface area contributed by atoms with E-state index in [9.17, 15) is 15.2 Å². The number of hydrogen-bond acceptors (Lipinski definition) is 6. The number of aromatic amines is 1. The van der Waals surface area contributed by atoms with Gasteiger partial charge in [-0.1, -0.05) is 18.2 Å². The molecule has 4 aromatic rings. The molecule has 4 rings (SSSR count). The molecular formula is C26H24N4O3S. The van der Waals surface area contributed by atoms with Crippen molar-refractivity contribution in [1.29, 1.82) is 5.26 Å². The van der Waals surface area contributed by atoms with Crippen LogP contribution in [0.25, 0.3) is 10.9 Å². The van der Waals surface area contributed by atoms with Gasteiger partial charge in [-0.05, 0) is 67.4 Å². The standard InChI is InChI=1S/C26H24N4O3S/c1-30(2)14-16-3-7-19(8-4-16)28-25(22-12-18(15-34-22)6-10-23(31)32)24-20-9-5-17(13-27)11-21(20)29-26(24)33/h3-5,7-9,11-12,15,29,33H,6,10,14H2,1-2H3,(H,31,32). The number of aromatic nitrogens is 1. The second-order valence-corrected chi connectivity index (χ2v) is 9.21. The van der Waals surface area contributed by atoms with Crippen molar-refractivity contribution in [2.75, 3.05) is 14.1 Å². The monoisotopic (exact) mass is 472 g/mol. The molecule has 0 spiro atoms. The van der Waals surface area contributed by atoms with Crippen molar-refractivity contribution in [2.24, 2.45) is 4.99 Å². The fourth-order valence-corrected chi connectivity index (χ4v) is 4.72. The Morgan fingerprint density at radius 2 is 1.91 bits per heavy atom. The molecule has 0 radical (unpaired) electrons. The predicted molar refractivity (Wildman–Crippen MR) is 134 cm³/mol. The number of aliphatic imine (C=N–C) groups is 1. The maximum Gasteiger partial charge on any atom is 0.303 e. The van der Waals surface area contributed by atoms with Gasteiger partial charge < -0.3 is 20.1 Å². The van der Waals surface area contributed by atoms with E-state index in [0.717, 1.165) is 33.6 Å². The Balaban J connectivity index is 1.82. The van der Waals surface area contributed by atoms with Gasteiger partial charge in [0, 0.05) is 18.4 Å². The maximum absolute atomic E-state index is 11.0. The molecule has 8 heteroatoms. The number of hydrogen-bond donors (Lipinski definition) is 3. The zero-order chi connectivity index (χ0) is 24.2. The molecule has 0 aliphatic carbocycles. The van der Waals surface area contributed by atoms with Gasteiger partial charge in [0.05, 0.1) is 39.0 Å². The summed E-state index contributed by atoms with van der Waals surface area (Å²) < 4.78 is 0. The lowest BCUT2D eigenvalue weighted by atomic mass is 10.0. The maximum atomic E-state index is 11.0. The second-order valence-electron chi connectivity index (χ2n) is 8.30. The number of thiophene rings is 1. The lowest BCUT2D eigenvalue weighted by molar-refractivity contribution is -0.136. The van der Waals surface area contributed by atoms with Crippen molar-refractivity contribution >= 4 is 39.6 Å². The normalized spacial score (nSPS) is 11.8. The van der Waals surface area contributed by atoms with E-state index in [1.165, 1.54) is 11.3 Å². The number of aromatic hydroxyl groups is 1. The van der Waals surface area contributed by atoms with E-state index in [2.05, 4.69) is 16.0 Å². The molecule has 172 valence electrons. The summed E-state index contributed by atoms with van der Waals surface area (Å²) in [6.45, 7) is 0.819. The second kappa shape index (κ2) is 9.91. The van der Waals surface area contributed by atoms with E-state index in [4.69, 9.17) is 10.1 Å². The van der Waals surface area contributed by atoms with Gasteiger partial charge in [-0.25, -0.2) is 4.99 Å². The number of nitrogens with zero attached hydrogens (tertiary/aromatic N) is 3. The van der Waals surface area contributed by atoms with Gasteiger partial charge in [-0.2, -0.15) is 5.26 Å². The molecule has 0 bridgehead atoms. The first kappa shape index (κ1) is 23.2. The molecule has 7 nitrogen and oxygen atoms in total. The highest BCUT2D eigenvalue weighted by Crippen LogP contribution is 2.34. The summed E-state index contributed by atoms with van der Waals surface area (Å²) in [7, 11) is 4.03. The molecule has 0 saturated carbocycles. The third-order valence-corrected chi connectivity index (χ3v) is 6.32. The summed E-state index contributed by atoms with van der Waals surface area (Å²) >= 11 is 1.46. The van der Waals surface area contributed by atoms with Gasteiger partial charge in [0.25, 0.3) is 0 Å². The molecule has 0 aliphatic rings. The van der Waals surface area contributed by atoms with Crippen LogP contribution in [0.15, 0.2) is 58.9 Å². The number of aliphatic carboxylic acids is 1. The van der Waals surface area contributed by atoms with E-state index in [-0.39, 0.29) is 12.3 Å². The summed E-state index contributed by atoms with van der Waals surface area (Å²) in [6.07, 6.45) is 0.467. The summed E-state index contributed by atoms with van der Waals surface area (Å²) in [5, 5.41) is 31.8. The van der Waals surface area contributed by atoms with Crippen LogP contribution in [-0.4, -0.2) is 45.9 Å². The summed E-state index contributed by atoms with van der Waals surface area (Å²) in [4.78, 5) is 21.8. The smallest absolute Gasteiger partial charge is 0.303 e. The van der Waals surface area contributed by atoms with E-state index in [1.54, 1.807) is 18.2 Å². The van der Waals surface area contributed by atoms with E-state index < -0.39 is 5.97 Å². The largest absolute Gasteiger partial charge is 0.494 e. The zero-order valence-corrected chi connectivity index (χ0v) is 19.7. The molecular weight excluding hydrogens is 448 g/mol. The molecule has 3 N–H and O–H groups in total. The molecule has 34 heavy (non-hydrogen) atoms. The zero-order valence-electron chi connectivity index (χ0n) is 18.9. The molecule has 0 unspecified atom stereocenters. The first-order chi connectivity index (χ1) is 16.3. The predicted octanol–water partition coefficient (Wildman–Crippen LogP) is 5.05. The van der Waals surface area contributed by atoms with Crippen LogP contribution in [0.4, 0.5) is 5.69 Å². The SMILES string of the molecule is CN(C)Cc1ccc(N=C(c2cc(CCC(=O)O)cs2)c2c(O)[nH]c3cc(C#N)ccc23)cc1. The number of nitriles is 1. The van der Waals surface area contributed by atoms with Crippen LogP contribution < -0.4 is 0 Å². The van der Waals surface area contributed by atoms with Crippen LogP contribution in [0.5, 0.6) is 5.88 Å². The van der Waals surface area contributed by atoms with Crippen molar-refractivity contribution in [3.63, 3.8) is 0 Å². The first-order valence-corrected chi connectivity index (χ1v) is 11.6. The van der Waals surface area contributed by atoms with Gasteiger partial charge in [0.1, 0.15) is 0 Å². The average Bonchev–Trinajstić information content (AvgIpc) is 3.40. The third-order valence-electron chi connectivity index (χ3n) is 5.34. The minimum absolute atomic E-state index is 0.0337. The van der Waals surface area contributed by atoms with Gasteiger partial charge in [-0.15, -0.1) is 11.3 Å². The van der Waals surface area contributed by atoms with E-state index >= 15 is 0 Å². The molecule has 0 amide bonds. The van der Waals surface area contributed by atoms with Crippen molar-refractivity contribution in [3.8, 4) is 11.9 Å². The Hall–Kier alpha value is -3.93. The number of fused-ring (bicyclic) bond motifs is 1. The lowest BCUT2D eigenvalue weighted by Crippen LogP contribution is -2.10. The highest BCUT2D eigenvalue weighted by molar-refractivity contribution is 7.12. The van der Waals surface area contributed by atoms with Crippen LogP contribution in [0.2, 0.25) is 0 Å². The average molecular weight is 473 g/mol. The van der Waals surface area contributed by atoms with Crippen molar-refractivity contribution in [2.45, 2.75) is 19.4 Å². The van der Waals surface area contributed by atoms with Crippen molar-refractivity contribution in [1.82, 2.24) is 9.88 Å². The third kappa shape index (κ3) is 5.17. The minimum atomic E-state index is -0.845. The molecule has 2 heterocycles. The van der Waals surface area contributed by atoms with E-state index in [0.29, 0.717) is 28.8 Å². The number of carboxylic acids is 1. The summed E-state index contributed by atoms with van der Waals surface area (Å²) in [5.74, 6) is -0.879. The Labute approximate surface area is 201 Å². The molecule has 0 atom stereocenters. The number of aryl methyl sites for hydroxylation is 1. The Bertz CT molecular complexity index is 1410. The number of H-pyrrole nitrogens is 1. The minimum Gasteiger partial charge on any atom is -0.494 e. The fourth-order valence-electron chi connectivity index (χ4n) is 3.78. The Kier molecular flexibility index (Phi) is 6.77. The van der Waals surface area contributed by atoms with Crippen LogP contribution in [-0.2, 0) is 17.8 Å². The lowest BCUT2D eigenvalue weighted by Gasteiger charge is -2.10. The molecule has 0 fully saturated rings. The molecule has 0 saturated heterocycles. The molecule has 2 aromatic carbocycles. The fraction of sp³-hybridized carbons (Fsp3) is 0.192. The number of carboxylic acid groups (broad SMARTS) is 1. The Morgan fingerprint density at radius 3 is 2.59 bits per heavy atom. The van der Waals surface area contributed by atoms with Crippen molar-refractivity contribution < 1.29 is 15.0 Å². The number of nitrogens with one attached hydrogen (secondary N) is 1. The van der Waals surface area contributed by atoms with Gasteiger partial charge in [0.15, 0.2) is 5.88 Å². The van der Waals surface area contributed by atoms with Crippen LogP contribution >= 0.6 is 11.3 Å². The van der Waals surface area contributed by atoms with Gasteiger partial charge in [-0.3, -0.25) is 4.79 Å². The first-order valence-electron chi connectivity index (χ1n) is 10.7. The Morgan fingerprint density at radius 1 is 1.15 bits per heavy atom. The molecule has 0 aliphatic heterocycles. The van der Waals surface area contributed by atoms with Crippen LogP contribution in [0, 0.1) is 11.3 Å². The van der Waals surface area contributed by atoms with Gasteiger partial charge in [0.2, 0.25) is 0 Å². The summed E-state index contributed by atoms with van der Waals surface area (Å²) in [5.41, 5.74) is 5.06. The van der Waals surface area contributed by atoms with Gasteiger partial charge >= 0.3 is 5.97 Å². The topological polar surface area (TPSA) is 113 Å². The number of carbonyl (C=O) groups is 1. The number of benzene rings is 2. The van der Waals surface area contributed by atoms with Crippen LogP contribution in [0.3, 0.4) is 0 Å². The van der Waals surface area contributed by atoms with Crippen molar-refractivity contribution in [3.05, 3.63) is 81.0 Å². The highest BCUT2D eigenvalue weighted by Gasteiger charge is 2.20. The highest BCUT2D eigenvalue weighted by atomic mass is 32.1. The van der Waals surface area contributed by atoms with E-state index in [1.807, 2.05) is 49.8 Å². The quantitative estimate of drug-likeness (QED) is 0.311. The summed E-state index contributed by atoms with van der Waals surface area (Å²) in [6, 6.07) is 17.2. The molecule has 2 aromatic heterocycles. The number of rotatable bonds is 8. The van der Waals surface area contributed by atoms with Crippen LogP contribution in [0.1, 0.15) is 33.6 Å².